The van der Waals surface area contributed by atoms with Crippen LogP contribution in [0.3, 0.4) is 0 Å². The molecule has 0 spiro atoms. The lowest BCUT2D eigenvalue weighted by molar-refractivity contribution is 0.102. The van der Waals surface area contributed by atoms with Crippen molar-refractivity contribution in [2.45, 2.75) is 11.0 Å². The number of rotatable bonds is 3. The van der Waals surface area contributed by atoms with Crippen LogP contribution in [0, 0.1) is 0 Å². The molecule has 0 atom stereocenters. The van der Waals surface area contributed by atoms with E-state index in [2.05, 4.69) is 5.32 Å². The van der Waals surface area contributed by atoms with Crippen molar-refractivity contribution in [3.05, 3.63) is 63.6 Å². The summed E-state index contributed by atoms with van der Waals surface area (Å²) in [6, 6.07) is 12.9. The van der Waals surface area contributed by atoms with Crippen LogP contribution in [0.15, 0.2) is 42.5 Å². The Bertz CT molecular complexity index is 700. The number of nitrogens with one attached hydrogen (secondary N) is 1. The van der Waals surface area contributed by atoms with Gasteiger partial charge in [-0.1, -0.05) is 35.3 Å². The van der Waals surface area contributed by atoms with Gasteiger partial charge in [-0.3, -0.25) is 4.79 Å². The highest BCUT2D eigenvalue weighted by atomic mass is 35.5. The molecule has 0 unspecified atom stereocenters. The molecule has 6 heteroatoms. The Kier molecular flexibility index (Phi) is 5.81. The number of thioether (sulfide) groups is 2. The number of carbonyl (C=O) groups is 1. The van der Waals surface area contributed by atoms with Crippen LogP contribution < -0.4 is 5.32 Å². The second-order valence-corrected chi connectivity index (χ2v) is 8.67. The molecular formula is C17H15Cl2NOS2. The molecule has 1 N–H and O–H groups in total. The summed E-state index contributed by atoms with van der Waals surface area (Å²) < 4.78 is 0.482. The SMILES string of the molecule is O=C(Nc1ccc(Cl)c(Cl)c1)c1ccc(C2SCCCS2)cc1. The van der Waals surface area contributed by atoms with E-state index >= 15 is 0 Å². The van der Waals surface area contributed by atoms with Gasteiger partial charge in [-0.2, -0.15) is 0 Å². The van der Waals surface area contributed by atoms with E-state index in [9.17, 15) is 4.79 Å². The third kappa shape index (κ3) is 4.38. The highest BCUT2D eigenvalue weighted by Crippen LogP contribution is 2.43. The number of amides is 1. The predicted octanol–water partition coefficient (Wildman–Crippen LogP) is 6.11. The van der Waals surface area contributed by atoms with Crippen molar-refractivity contribution < 1.29 is 4.79 Å². The van der Waals surface area contributed by atoms with E-state index in [0.717, 1.165) is 0 Å². The summed E-state index contributed by atoms with van der Waals surface area (Å²) in [5.41, 5.74) is 2.53. The van der Waals surface area contributed by atoms with E-state index in [4.69, 9.17) is 23.2 Å². The van der Waals surface area contributed by atoms with Gasteiger partial charge in [0.05, 0.1) is 14.6 Å². The molecule has 0 radical (unpaired) electrons. The third-order valence-corrected chi connectivity index (χ3v) is 7.20. The van der Waals surface area contributed by atoms with Crippen LogP contribution in [0.5, 0.6) is 0 Å². The maximum atomic E-state index is 12.3. The molecular weight excluding hydrogens is 369 g/mol. The lowest BCUT2D eigenvalue weighted by Crippen LogP contribution is -2.12. The van der Waals surface area contributed by atoms with E-state index in [1.807, 2.05) is 47.8 Å². The zero-order valence-electron chi connectivity index (χ0n) is 12.2. The molecule has 0 aromatic heterocycles. The topological polar surface area (TPSA) is 29.1 Å². The minimum Gasteiger partial charge on any atom is -0.322 e. The van der Waals surface area contributed by atoms with Gasteiger partial charge in [0.15, 0.2) is 0 Å². The minimum absolute atomic E-state index is 0.154. The van der Waals surface area contributed by atoms with Gasteiger partial charge in [-0.15, -0.1) is 23.5 Å². The molecule has 120 valence electrons. The molecule has 1 fully saturated rings. The lowest BCUT2D eigenvalue weighted by Gasteiger charge is -2.21. The van der Waals surface area contributed by atoms with Gasteiger partial charge in [0.1, 0.15) is 0 Å². The van der Waals surface area contributed by atoms with Gasteiger partial charge >= 0.3 is 0 Å². The van der Waals surface area contributed by atoms with Crippen LogP contribution >= 0.6 is 46.7 Å². The van der Waals surface area contributed by atoms with Crippen LogP contribution in [-0.4, -0.2) is 17.4 Å². The zero-order valence-corrected chi connectivity index (χ0v) is 15.4. The fourth-order valence-electron chi connectivity index (χ4n) is 2.25. The Morgan fingerprint density at radius 3 is 2.35 bits per heavy atom. The molecule has 1 heterocycles. The molecule has 0 aliphatic carbocycles. The molecule has 1 saturated heterocycles. The van der Waals surface area contributed by atoms with E-state index in [1.165, 1.54) is 23.5 Å². The van der Waals surface area contributed by atoms with Crippen molar-refractivity contribution in [3.63, 3.8) is 0 Å². The van der Waals surface area contributed by atoms with Gasteiger partial charge in [0.2, 0.25) is 0 Å². The molecule has 3 rings (SSSR count). The monoisotopic (exact) mass is 383 g/mol. The first-order valence-corrected chi connectivity index (χ1v) is 10.1. The molecule has 0 saturated carbocycles. The number of hydrogen-bond donors (Lipinski definition) is 1. The molecule has 2 aromatic carbocycles. The molecule has 1 aliphatic heterocycles. The van der Waals surface area contributed by atoms with E-state index < -0.39 is 0 Å². The second kappa shape index (κ2) is 7.84. The predicted molar refractivity (Wildman–Crippen MR) is 103 cm³/mol. The van der Waals surface area contributed by atoms with Crippen LogP contribution in [0.4, 0.5) is 5.69 Å². The maximum absolute atomic E-state index is 12.3. The summed E-state index contributed by atoms with van der Waals surface area (Å²) in [5.74, 6) is 2.26. The van der Waals surface area contributed by atoms with Gasteiger partial charge in [-0.05, 0) is 53.8 Å². The van der Waals surface area contributed by atoms with Crippen LogP contribution in [-0.2, 0) is 0 Å². The summed E-state index contributed by atoms with van der Waals surface area (Å²) in [6.07, 6.45) is 1.27. The van der Waals surface area contributed by atoms with Gasteiger partial charge in [0.25, 0.3) is 5.91 Å². The fourth-order valence-corrected chi connectivity index (χ4v) is 5.44. The van der Waals surface area contributed by atoms with E-state index in [0.29, 0.717) is 25.9 Å². The maximum Gasteiger partial charge on any atom is 0.255 e. The van der Waals surface area contributed by atoms with Gasteiger partial charge in [-0.25, -0.2) is 0 Å². The van der Waals surface area contributed by atoms with Crippen molar-refractivity contribution in [2.24, 2.45) is 0 Å². The van der Waals surface area contributed by atoms with Gasteiger partial charge in [0, 0.05) is 11.3 Å². The van der Waals surface area contributed by atoms with Crippen LogP contribution in [0.1, 0.15) is 26.9 Å². The molecule has 23 heavy (non-hydrogen) atoms. The number of hydrogen-bond acceptors (Lipinski definition) is 3. The first-order valence-electron chi connectivity index (χ1n) is 7.23. The number of halogens is 2. The van der Waals surface area contributed by atoms with Crippen molar-refractivity contribution >= 4 is 58.3 Å². The number of benzene rings is 2. The summed E-state index contributed by atoms with van der Waals surface area (Å²) >= 11 is 15.8. The first kappa shape index (κ1) is 17.0. The molecule has 1 aliphatic rings. The van der Waals surface area contributed by atoms with E-state index in [-0.39, 0.29) is 5.91 Å². The first-order chi connectivity index (χ1) is 11.1. The molecule has 0 bridgehead atoms. The summed E-state index contributed by atoms with van der Waals surface area (Å²) in [4.78, 5) is 12.3. The Morgan fingerprint density at radius 2 is 1.70 bits per heavy atom. The van der Waals surface area contributed by atoms with Crippen molar-refractivity contribution in [1.82, 2.24) is 0 Å². The van der Waals surface area contributed by atoms with Crippen molar-refractivity contribution in [2.75, 3.05) is 16.8 Å². The average Bonchev–Trinajstić information content (AvgIpc) is 2.59. The van der Waals surface area contributed by atoms with Crippen molar-refractivity contribution in [3.8, 4) is 0 Å². The smallest absolute Gasteiger partial charge is 0.255 e. The highest BCUT2D eigenvalue weighted by Gasteiger charge is 2.17. The number of carbonyl (C=O) groups excluding carboxylic acids is 1. The van der Waals surface area contributed by atoms with Gasteiger partial charge < -0.3 is 5.32 Å². The third-order valence-electron chi connectivity index (χ3n) is 3.45. The average molecular weight is 384 g/mol. The number of anilines is 1. The Labute approximate surface area is 154 Å². The van der Waals surface area contributed by atoms with E-state index in [1.54, 1.807) is 18.2 Å². The fraction of sp³-hybridized carbons (Fsp3) is 0.235. The molecule has 2 aromatic rings. The summed E-state index contributed by atoms with van der Waals surface area (Å²) in [6.45, 7) is 0. The van der Waals surface area contributed by atoms with Crippen molar-refractivity contribution in [1.29, 1.82) is 0 Å². The lowest BCUT2D eigenvalue weighted by atomic mass is 10.1. The highest BCUT2D eigenvalue weighted by molar-refractivity contribution is 8.16. The second-order valence-electron chi connectivity index (χ2n) is 5.13. The largest absolute Gasteiger partial charge is 0.322 e. The normalized spacial score (nSPS) is 15.4. The van der Waals surface area contributed by atoms with Crippen LogP contribution in [0.2, 0.25) is 10.0 Å². The summed E-state index contributed by atoms with van der Waals surface area (Å²) in [7, 11) is 0. The Morgan fingerprint density at radius 1 is 1.00 bits per heavy atom. The Hall–Kier alpha value is -0.810. The Balaban J connectivity index is 1.68. The zero-order chi connectivity index (χ0) is 16.2. The molecule has 1 amide bonds. The minimum atomic E-state index is -0.154. The molecule has 2 nitrogen and oxygen atoms in total. The van der Waals surface area contributed by atoms with Crippen LogP contribution in [0.25, 0.3) is 0 Å². The standard InChI is InChI=1S/C17H15Cl2NOS2/c18-14-7-6-13(10-15(14)19)20-16(21)11-2-4-12(5-3-11)17-22-8-1-9-23-17/h2-7,10,17H,1,8-9H2,(H,20,21). The quantitative estimate of drug-likeness (QED) is 0.692. The summed E-state index contributed by atoms with van der Waals surface area (Å²) in [5, 5.41) is 3.72.